The molecule has 0 atom stereocenters. The first-order chi connectivity index (χ1) is 8.25. The summed E-state index contributed by atoms with van der Waals surface area (Å²) in [6, 6.07) is 13.3. The molecule has 0 spiro atoms. The number of nitrogens with zero attached hydrogens (tertiary/aromatic N) is 1. The summed E-state index contributed by atoms with van der Waals surface area (Å²) < 4.78 is 0. The molecule has 86 valence electrons. The topological polar surface area (TPSA) is 54.0 Å². The van der Waals surface area contributed by atoms with Gasteiger partial charge < -0.3 is 10.6 Å². The number of benzene rings is 1. The molecule has 0 fully saturated rings. The van der Waals surface area contributed by atoms with Gasteiger partial charge in [0.15, 0.2) is 5.82 Å². The van der Waals surface area contributed by atoms with Crippen molar-refractivity contribution in [2.75, 3.05) is 10.6 Å². The van der Waals surface area contributed by atoms with E-state index in [2.05, 4.69) is 15.6 Å². The molecule has 0 saturated carbocycles. The zero-order valence-electron chi connectivity index (χ0n) is 9.47. The number of nitrogens with one attached hydrogen (secondary N) is 2. The van der Waals surface area contributed by atoms with Gasteiger partial charge in [0.25, 0.3) is 0 Å². The van der Waals surface area contributed by atoms with Crippen LogP contribution in [0, 0.1) is 0 Å². The van der Waals surface area contributed by atoms with Crippen LogP contribution in [0.25, 0.3) is 0 Å². The number of carbonyl (C=O) groups excluding carboxylic acids is 1. The Bertz CT molecular complexity index is 511. The highest BCUT2D eigenvalue weighted by Gasteiger charge is 2.04. The molecule has 2 rings (SSSR count). The summed E-state index contributed by atoms with van der Waals surface area (Å²) in [6.07, 6.45) is 1.68. The van der Waals surface area contributed by atoms with Gasteiger partial charge in [-0.25, -0.2) is 4.98 Å². The van der Waals surface area contributed by atoms with Gasteiger partial charge in [-0.05, 0) is 24.3 Å². The normalized spacial score (nSPS) is 9.71. The van der Waals surface area contributed by atoms with E-state index in [1.807, 2.05) is 30.3 Å². The van der Waals surface area contributed by atoms with Gasteiger partial charge in [0, 0.05) is 18.8 Å². The molecule has 2 N–H and O–H groups in total. The van der Waals surface area contributed by atoms with Gasteiger partial charge >= 0.3 is 0 Å². The molecule has 1 amide bonds. The third kappa shape index (κ3) is 3.04. The van der Waals surface area contributed by atoms with E-state index < -0.39 is 0 Å². The van der Waals surface area contributed by atoms with Crippen molar-refractivity contribution in [2.45, 2.75) is 6.92 Å². The first kappa shape index (κ1) is 11.1. The third-order valence-electron chi connectivity index (χ3n) is 2.15. The number of anilines is 3. The van der Waals surface area contributed by atoms with Crippen LogP contribution in [0.4, 0.5) is 17.2 Å². The van der Waals surface area contributed by atoms with Gasteiger partial charge in [0.2, 0.25) is 5.91 Å². The van der Waals surface area contributed by atoms with Crippen molar-refractivity contribution in [3.05, 3.63) is 48.7 Å². The van der Waals surface area contributed by atoms with Gasteiger partial charge in [-0.3, -0.25) is 4.79 Å². The van der Waals surface area contributed by atoms with Gasteiger partial charge in [-0.15, -0.1) is 0 Å². The van der Waals surface area contributed by atoms with E-state index in [-0.39, 0.29) is 5.91 Å². The molecule has 1 aromatic carbocycles. The van der Waals surface area contributed by atoms with Crippen LogP contribution < -0.4 is 10.6 Å². The molecule has 2 aromatic rings. The average Bonchev–Trinajstić information content (AvgIpc) is 2.32. The Morgan fingerprint density at radius 2 is 1.88 bits per heavy atom. The minimum Gasteiger partial charge on any atom is -0.339 e. The molecule has 1 aromatic heterocycles. The molecular formula is C13H13N3O. The minimum atomic E-state index is -0.117. The Balaban J connectivity index is 2.23. The second-order valence-electron chi connectivity index (χ2n) is 3.57. The fourth-order valence-corrected chi connectivity index (χ4v) is 1.45. The number of pyridine rings is 1. The summed E-state index contributed by atoms with van der Waals surface area (Å²) in [5, 5.41) is 5.88. The maximum Gasteiger partial charge on any atom is 0.221 e. The molecular weight excluding hydrogens is 214 g/mol. The van der Waals surface area contributed by atoms with Crippen LogP contribution in [0.5, 0.6) is 0 Å². The van der Waals surface area contributed by atoms with Crippen LogP contribution in [-0.4, -0.2) is 10.9 Å². The van der Waals surface area contributed by atoms with Crippen molar-refractivity contribution < 1.29 is 4.79 Å². The molecule has 0 aliphatic carbocycles. The first-order valence-corrected chi connectivity index (χ1v) is 5.30. The highest BCUT2D eigenvalue weighted by atomic mass is 16.1. The van der Waals surface area contributed by atoms with Crippen LogP contribution >= 0.6 is 0 Å². The lowest BCUT2D eigenvalue weighted by molar-refractivity contribution is -0.114. The number of aromatic nitrogens is 1. The quantitative estimate of drug-likeness (QED) is 0.847. The van der Waals surface area contributed by atoms with Crippen LogP contribution in [0.15, 0.2) is 48.7 Å². The Morgan fingerprint density at radius 1 is 1.12 bits per heavy atom. The van der Waals surface area contributed by atoms with Crippen LogP contribution in [0.3, 0.4) is 0 Å². The minimum absolute atomic E-state index is 0.117. The fraction of sp³-hybridized carbons (Fsp3) is 0.0769. The smallest absolute Gasteiger partial charge is 0.221 e. The van der Waals surface area contributed by atoms with Gasteiger partial charge in [0.1, 0.15) is 0 Å². The molecule has 4 heteroatoms. The predicted octanol–water partition coefficient (Wildman–Crippen LogP) is 2.78. The van der Waals surface area contributed by atoms with Crippen molar-refractivity contribution in [1.82, 2.24) is 4.98 Å². The molecule has 0 aliphatic heterocycles. The largest absolute Gasteiger partial charge is 0.339 e. The number of hydrogen-bond acceptors (Lipinski definition) is 3. The van der Waals surface area contributed by atoms with E-state index in [1.54, 1.807) is 18.3 Å². The zero-order valence-corrected chi connectivity index (χ0v) is 9.47. The number of amides is 1. The van der Waals surface area contributed by atoms with E-state index in [9.17, 15) is 4.79 Å². The lowest BCUT2D eigenvalue weighted by atomic mass is 10.3. The van der Waals surface area contributed by atoms with Crippen molar-refractivity contribution in [3.63, 3.8) is 0 Å². The SMILES string of the molecule is CC(=O)Nc1cccnc1Nc1ccccc1. The van der Waals surface area contributed by atoms with Crippen LogP contribution in [0.2, 0.25) is 0 Å². The summed E-state index contributed by atoms with van der Waals surface area (Å²) in [6.45, 7) is 1.47. The van der Waals surface area contributed by atoms with Gasteiger partial charge in [-0.2, -0.15) is 0 Å². The number of para-hydroxylation sites is 1. The van der Waals surface area contributed by atoms with E-state index in [1.165, 1.54) is 6.92 Å². The number of carbonyl (C=O) groups is 1. The Labute approximate surface area is 99.7 Å². The summed E-state index contributed by atoms with van der Waals surface area (Å²) >= 11 is 0. The molecule has 4 nitrogen and oxygen atoms in total. The van der Waals surface area contributed by atoms with Crippen molar-refractivity contribution in [2.24, 2.45) is 0 Å². The molecule has 0 saturated heterocycles. The standard InChI is InChI=1S/C13H13N3O/c1-10(17)15-12-8-5-9-14-13(12)16-11-6-3-2-4-7-11/h2-9H,1H3,(H,14,16)(H,15,17). The molecule has 0 unspecified atom stereocenters. The number of rotatable bonds is 3. The summed E-state index contributed by atoms with van der Waals surface area (Å²) in [5.74, 6) is 0.517. The average molecular weight is 227 g/mol. The molecule has 0 radical (unpaired) electrons. The lowest BCUT2D eigenvalue weighted by Gasteiger charge is -2.10. The lowest BCUT2D eigenvalue weighted by Crippen LogP contribution is -2.08. The number of hydrogen-bond donors (Lipinski definition) is 2. The Morgan fingerprint density at radius 3 is 2.59 bits per heavy atom. The van der Waals surface area contributed by atoms with Gasteiger partial charge in [0.05, 0.1) is 5.69 Å². The second kappa shape index (κ2) is 5.12. The van der Waals surface area contributed by atoms with E-state index in [4.69, 9.17) is 0 Å². The van der Waals surface area contributed by atoms with E-state index in [0.717, 1.165) is 5.69 Å². The summed E-state index contributed by atoms with van der Waals surface area (Å²) in [5.41, 5.74) is 1.60. The van der Waals surface area contributed by atoms with Crippen molar-refractivity contribution >= 4 is 23.1 Å². The zero-order chi connectivity index (χ0) is 12.1. The fourth-order valence-electron chi connectivity index (χ4n) is 1.45. The van der Waals surface area contributed by atoms with Crippen LogP contribution in [-0.2, 0) is 4.79 Å². The molecule has 1 heterocycles. The van der Waals surface area contributed by atoms with Crippen molar-refractivity contribution in [1.29, 1.82) is 0 Å². The molecule has 17 heavy (non-hydrogen) atoms. The Kier molecular flexibility index (Phi) is 3.35. The summed E-state index contributed by atoms with van der Waals surface area (Å²) in [4.78, 5) is 15.3. The maximum absolute atomic E-state index is 11.1. The van der Waals surface area contributed by atoms with Crippen molar-refractivity contribution in [3.8, 4) is 0 Å². The Hall–Kier alpha value is -2.36. The molecule has 0 bridgehead atoms. The van der Waals surface area contributed by atoms with E-state index >= 15 is 0 Å². The monoisotopic (exact) mass is 227 g/mol. The third-order valence-corrected chi connectivity index (χ3v) is 2.15. The maximum atomic E-state index is 11.1. The highest BCUT2D eigenvalue weighted by molar-refractivity contribution is 5.92. The predicted molar refractivity (Wildman–Crippen MR) is 68.3 cm³/mol. The van der Waals surface area contributed by atoms with E-state index in [0.29, 0.717) is 11.5 Å². The highest BCUT2D eigenvalue weighted by Crippen LogP contribution is 2.22. The first-order valence-electron chi connectivity index (χ1n) is 5.30. The summed E-state index contributed by atoms with van der Waals surface area (Å²) in [7, 11) is 0. The second-order valence-corrected chi connectivity index (χ2v) is 3.57. The molecule has 0 aliphatic rings. The van der Waals surface area contributed by atoms with Gasteiger partial charge in [-0.1, -0.05) is 18.2 Å². The van der Waals surface area contributed by atoms with Crippen LogP contribution in [0.1, 0.15) is 6.92 Å².